The lowest BCUT2D eigenvalue weighted by Crippen LogP contribution is -1.86. The number of ether oxygens (including phenoxy) is 1. The molecule has 4 aromatic rings. The van der Waals surface area contributed by atoms with Gasteiger partial charge in [-0.05, 0) is 18.2 Å². The molecule has 3 aromatic heterocycles. The number of pyridine rings is 1. The first-order chi connectivity index (χ1) is 10.8. The number of nitrogens with one attached hydrogen (secondary N) is 1. The van der Waals surface area contributed by atoms with E-state index in [0.717, 1.165) is 27.9 Å². The van der Waals surface area contributed by atoms with Crippen LogP contribution in [0.2, 0.25) is 0 Å². The van der Waals surface area contributed by atoms with Gasteiger partial charge in [0.1, 0.15) is 17.1 Å². The Morgan fingerprint density at radius 1 is 1.09 bits per heavy atom. The average Bonchev–Trinajstić information content (AvgIpc) is 3.14. The third-order valence-electron chi connectivity index (χ3n) is 3.50. The van der Waals surface area contributed by atoms with Crippen LogP contribution in [0.25, 0.3) is 22.2 Å². The maximum absolute atomic E-state index is 5.85. The van der Waals surface area contributed by atoms with Crippen LogP contribution in [0.5, 0.6) is 11.5 Å². The molecule has 3 heterocycles. The van der Waals surface area contributed by atoms with E-state index < -0.39 is 0 Å². The van der Waals surface area contributed by atoms with E-state index in [1.165, 1.54) is 0 Å². The molecule has 5 nitrogen and oxygen atoms in total. The highest BCUT2D eigenvalue weighted by atomic mass is 16.5. The van der Waals surface area contributed by atoms with Crippen LogP contribution in [0.3, 0.4) is 0 Å². The monoisotopic (exact) mass is 290 g/mol. The Morgan fingerprint density at radius 3 is 2.73 bits per heavy atom. The Morgan fingerprint density at radius 2 is 1.95 bits per heavy atom. The lowest BCUT2D eigenvalue weighted by Gasteiger charge is -2.05. The summed E-state index contributed by atoms with van der Waals surface area (Å²) in [4.78, 5) is 7.61. The normalized spacial score (nSPS) is 11.0. The van der Waals surface area contributed by atoms with Gasteiger partial charge in [-0.25, -0.2) is 4.98 Å². The summed E-state index contributed by atoms with van der Waals surface area (Å²) in [5.74, 6) is 1.51. The fourth-order valence-electron chi connectivity index (χ4n) is 2.46. The van der Waals surface area contributed by atoms with Gasteiger partial charge in [0.25, 0.3) is 0 Å². The smallest absolute Gasteiger partial charge is 0.146 e. The van der Waals surface area contributed by atoms with Gasteiger partial charge in [0.2, 0.25) is 0 Å². The minimum atomic E-state index is 0.712. The van der Waals surface area contributed by atoms with Crippen LogP contribution in [0.15, 0.2) is 61.2 Å². The quantitative estimate of drug-likeness (QED) is 0.625. The van der Waals surface area contributed by atoms with Crippen LogP contribution in [-0.4, -0.2) is 19.7 Å². The van der Waals surface area contributed by atoms with E-state index in [-0.39, 0.29) is 0 Å². The summed E-state index contributed by atoms with van der Waals surface area (Å²) in [6, 6.07) is 11.7. The molecule has 22 heavy (non-hydrogen) atoms. The number of aryl methyl sites for hydroxylation is 1. The van der Waals surface area contributed by atoms with Gasteiger partial charge in [-0.2, -0.15) is 5.10 Å². The fraction of sp³-hybridized carbons (Fsp3) is 0.0588. The summed E-state index contributed by atoms with van der Waals surface area (Å²) in [5.41, 5.74) is 2.95. The van der Waals surface area contributed by atoms with Crippen molar-refractivity contribution in [2.75, 3.05) is 0 Å². The van der Waals surface area contributed by atoms with Gasteiger partial charge in [-0.1, -0.05) is 18.2 Å². The van der Waals surface area contributed by atoms with Crippen molar-refractivity contribution in [2.24, 2.45) is 7.05 Å². The molecule has 0 unspecified atom stereocenters. The van der Waals surface area contributed by atoms with Crippen LogP contribution in [0.1, 0.15) is 0 Å². The molecule has 0 saturated heterocycles. The highest BCUT2D eigenvalue weighted by Gasteiger charge is 2.10. The molecule has 0 aliphatic carbocycles. The maximum atomic E-state index is 5.85. The first-order valence-corrected chi connectivity index (χ1v) is 6.99. The number of benzene rings is 1. The zero-order valence-corrected chi connectivity index (χ0v) is 12.0. The summed E-state index contributed by atoms with van der Waals surface area (Å²) >= 11 is 0. The molecule has 0 aliphatic rings. The third kappa shape index (κ3) is 2.22. The minimum absolute atomic E-state index is 0.712. The van der Waals surface area contributed by atoms with Gasteiger partial charge in [-0.15, -0.1) is 0 Å². The molecule has 1 N–H and O–H groups in total. The summed E-state index contributed by atoms with van der Waals surface area (Å²) in [5, 5.41) is 5.24. The number of aromatic amines is 1. The van der Waals surface area contributed by atoms with Gasteiger partial charge in [0.05, 0.1) is 12.4 Å². The van der Waals surface area contributed by atoms with E-state index in [4.69, 9.17) is 4.74 Å². The van der Waals surface area contributed by atoms with E-state index >= 15 is 0 Å². The van der Waals surface area contributed by atoms with Crippen molar-refractivity contribution in [3.05, 3.63) is 61.2 Å². The second-order valence-electron chi connectivity index (χ2n) is 5.09. The summed E-state index contributed by atoms with van der Waals surface area (Å²) < 4.78 is 7.64. The van der Waals surface area contributed by atoms with Crippen LogP contribution in [0, 0.1) is 0 Å². The highest BCUT2D eigenvalue weighted by molar-refractivity contribution is 5.93. The maximum Gasteiger partial charge on any atom is 0.146 e. The topological polar surface area (TPSA) is 55.7 Å². The van der Waals surface area contributed by atoms with Crippen molar-refractivity contribution in [2.45, 2.75) is 0 Å². The zero-order valence-electron chi connectivity index (χ0n) is 12.0. The molecule has 1 aromatic carbocycles. The van der Waals surface area contributed by atoms with Crippen LogP contribution in [0.4, 0.5) is 0 Å². The molecule has 4 rings (SSSR count). The number of nitrogens with zero attached hydrogens (tertiary/aromatic N) is 3. The number of hydrogen-bond acceptors (Lipinski definition) is 3. The molecule has 0 amide bonds. The number of hydrogen-bond donors (Lipinski definition) is 1. The van der Waals surface area contributed by atoms with E-state index in [0.29, 0.717) is 5.75 Å². The number of aromatic nitrogens is 4. The summed E-state index contributed by atoms with van der Waals surface area (Å²) in [6.45, 7) is 0. The molecule has 0 spiro atoms. The largest absolute Gasteiger partial charge is 0.456 e. The zero-order chi connectivity index (χ0) is 14.9. The first-order valence-electron chi connectivity index (χ1n) is 6.99. The van der Waals surface area contributed by atoms with Crippen molar-refractivity contribution < 1.29 is 4.74 Å². The predicted octanol–water partition coefficient (Wildman–Crippen LogP) is 3.76. The Kier molecular flexibility index (Phi) is 2.89. The Bertz CT molecular complexity index is 924. The third-order valence-corrected chi connectivity index (χ3v) is 3.50. The van der Waals surface area contributed by atoms with Crippen molar-refractivity contribution >= 4 is 11.0 Å². The SMILES string of the molecule is Cn1cc(-c2c[nH]c3ncc(Oc4ccccc4)cc23)cn1. The fourth-order valence-corrected chi connectivity index (χ4v) is 2.46. The number of para-hydroxylation sites is 1. The average molecular weight is 290 g/mol. The van der Waals surface area contributed by atoms with Crippen LogP contribution in [-0.2, 0) is 7.05 Å². The van der Waals surface area contributed by atoms with Crippen LogP contribution >= 0.6 is 0 Å². The molecule has 0 aliphatic heterocycles. The molecule has 0 bridgehead atoms. The highest BCUT2D eigenvalue weighted by Crippen LogP contribution is 2.31. The molecule has 108 valence electrons. The Hall–Kier alpha value is -3.08. The Balaban J connectivity index is 1.76. The van der Waals surface area contributed by atoms with E-state index in [9.17, 15) is 0 Å². The van der Waals surface area contributed by atoms with E-state index in [1.54, 1.807) is 10.9 Å². The van der Waals surface area contributed by atoms with Crippen molar-refractivity contribution in [3.63, 3.8) is 0 Å². The molecule has 5 heteroatoms. The number of H-pyrrole nitrogens is 1. The van der Waals surface area contributed by atoms with Crippen molar-refractivity contribution in [3.8, 4) is 22.6 Å². The predicted molar refractivity (Wildman–Crippen MR) is 84.8 cm³/mol. The van der Waals surface area contributed by atoms with Gasteiger partial charge in [0, 0.05) is 36.0 Å². The molecule has 0 fully saturated rings. The molecule has 0 saturated carbocycles. The molecule has 0 atom stereocenters. The Labute approximate surface area is 127 Å². The van der Waals surface area contributed by atoms with Crippen LogP contribution < -0.4 is 4.74 Å². The van der Waals surface area contributed by atoms with Gasteiger partial charge in [0.15, 0.2) is 0 Å². The van der Waals surface area contributed by atoms with Crippen molar-refractivity contribution in [1.82, 2.24) is 19.7 Å². The molecule has 0 radical (unpaired) electrons. The molecular formula is C17H14N4O. The number of rotatable bonds is 3. The van der Waals surface area contributed by atoms with Gasteiger partial charge >= 0.3 is 0 Å². The van der Waals surface area contributed by atoms with E-state index in [2.05, 4.69) is 15.1 Å². The number of fused-ring (bicyclic) bond motifs is 1. The lowest BCUT2D eigenvalue weighted by molar-refractivity contribution is 0.481. The minimum Gasteiger partial charge on any atom is -0.456 e. The van der Waals surface area contributed by atoms with Gasteiger partial charge < -0.3 is 9.72 Å². The second-order valence-corrected chi connectivity index (χ2v) is 5.09. The van der Waals surface area contributed by atoms with Crippen molar-refractivity contribution in [1.29, 1.82) is 0 Å². The van der Waals surface area contributed by atoms with E-state index in [1.807, 2.05) is 62.0 Å². The lowest BCUT2D eigenvalue weighted by atomic mass is 10.1. The summed E-state index contributed by atoms with van der Waals surface area (Å²) in [6.07, 6.45) is 7.49. The summed E-state index contributed by atoms with van der Waals surface area (Å²) in [7, 11) is 1.90. The molecular weight excluding hydrogens is 276 g/mol. The first kappa shape index (κ1) is 12.6. The second kappa shape index (κ2) is 5.04. The van der Waals surface area contributed by atoms with Gasteiger partial charge in [-0.3, -0.25) is 4.68 Å². The standard InChI is InChI=1S/C17H14N4O/c1-21-11-12(8-20-21)16-10-19-17-15(16)7-14(9-18-17)22-13-5-3-2-4-6-13/h2-11H,1H3,(H,18,19).